The van der Waals surface area contributed by atoms with Crippen molar-refractivity contribution in [2.75, 3.05) is 19.7 Å². The van der Waals surface area contributed by atoms with Gasteiger partial charge in [-0.25, -0.2) is 0 Å². The molecule has 1 heterocycles. The summed E-state index contributed by atoms with van der Waals surface area (Å²) in [6, 6.07) is 0. The first-order valence-electron chi connectivity index (χ1n) is 7.81. The molecule has 1 unspecified atom stereocenters. The number of carbonyl (C=O) groups excluding carboxylic acids is 1. The van der Waals surface area contributed by atoms with Gasteiger partial charge in [0.2, 0.25) is 5.91 Å². The topological polar surface area (TPSA) is 61.4 Å². The Balaban J connectivity index is 2.06. The molecule has 2 fully saturated rings. The predicted octanol–water partition coefficient (Wildman–Crippen LogP) is 1.58. The van der Waals surface area contributed by atoms with E-state index in [1.165, 1.54) is 0 Å². The van der Waals surface area contributed by atoms with E-state index >= 15 is 0 Å². The highest BCUT2D eigenvalue weighted by Crippen LogP contribution is 2.35. The third-order valence-electron chi connectivity index (χ3n) is 4.92. The first kappa shape index (κ1) is 14.8. The zero-order chi connectivity index (χ0) is 13.8. The molecule has 0 radical (unpaired) electrons. The summed E-state index contributed by atoms with van der Waals surface area (Å²) < 4.78 is 0. The summed E-state index contributed by atoms with van der Waals surface area (Å²) in [4.78, 5) is 12.8. The highest BCUT2D eigenvalue weighted by Gasteiger charge is 2.43. The minimum Gasteiger partial charge on any atom is -0.394 e. The second-order valence-corrected chi connectivity index (χ2v) is 6.41. The van der Waals surface area contributed by atoms with Crippen LogP contribution in [0, 0.1) is 5.41 Å². The number of nitrogens with one attached hydrogen (secondary N) is 2. The van der Waals surface area contributed by atoms with Gasteiger partial charge in [-0.3, -0.25) is 4.79 Å². The van der Waals surface area contributed by atoms with E-state index < -0.39 is 0 Å². The Morgan fingerprint density at radius 3 is 2.53 bits per heavy atom. The van der Waals surface area contributed by atoms with Gasteiger partial charge in [0.15, 0.2) is 0 Å². The maximum absolute atomic E-state index is 12.8. The van der Waals surface area contributed by atoms with E-state index in [-0.39, 0.29) is 23.5 Å². The smallest absolute Gasteiger partial charge is 0.228 e. The van der Waals surface area contributed by atoms with Crippen LogP contribution >= 0.6 is 0 Å². The summed E-state index contributed by atoms with van der Waals surface area (Å²) in [5.41, 5.74) is -0.590. The second kappa shape index (κ2) is 6.23. The van der Waals surface area contributed by atoms with Crippen LogP contribution in [0.15, 0.2) is 0 Å². The Labute approximate surface area is 116 Å². The monoisotopic (exact) mass is 268 g/mol. The Morgan fingerprint density at radius 1 is 1.26 bits per heavy atom. The fraction of sp³-hybridized carbons (Fsp3) is 0.933. The fourth-order valence-electron chi connectivity index (χ4n) is 3.71. The maximum atomic E-state index is 12.8. The summed E-state index contributed by atoms with van der Waals surface area (Å²) in [7, 11) is 0. The highest BCUT2D eigenvalue weighted by atomic mass is 16.3. The van der Waals surface area contributed by atoms with Crippen molar-refractivity contribution in [2.45, 2.75) is 63.8 Å². The molecular weight excluding hydrogens is 240 g/mol. The van der Waals surface area contributed by atoms with Gasteiger partial charge in [-0.05, 0) is 38.6 Å². The van der Waals surface area contributed by atoms with Crippen molar-refractivity contribution in [3.05, 3.63) is 0 Å². The van der Waals surface area contributed by atoms with E-state index in [0.717, 1.165) is 64.5 Å². The average molecular weight is 268 g/mol. The van der Waals surface area contributed by atoms with Gasteiger partial charge in [0.05, 0.1) is 17.6 Å². The second-order valence-electron chi connectivity index (χ2n) is 6.41. The fourth-order valence-corrected chi connectivity index (χ4v) is 3.71. The summed E-state index contributed by atoms with van der Waals surface area (Å²) in [6.07, 6.45) is 8.07. The van der Waals surface area contributed by atoms with Crippen molar-refractivity contribution < 1.29 is 9.90 Å². The lowest BCUT2D eigenvalue weighted by Crippen LogP contribution is -2.58. The van der Waals surface area contributed by atoms with Gasteiger partial charge < -0.3 is 15.7 Å². The molecule has 1 aliphatic carbocycles. The van der Waals surface area contributed by atoms with Gasteiger partial charge in [0, 0.05) is 6.54 Å². The Kier molecular flexibility index (Phi) is 4.85. The number of rotatable bonds is 5. The minimum absolute atomic E-state index is 0.0778. The molecule has 2 rings (SSSR count). The van der Waals surface area contributed by atoms with Crippen LogP contribution in [0.3, 0.4) is 0 Å². The molecule has 4 heteroatoms. The number of amides is 1. The third kappa shape index (κ3) is 3.11. The van der Waals surface area contributed by atoms with Crippen LogP contribution in [-0.2, 0) is 4.79 Å². The normalized spacial score (nSPS) is 30.2. The lowest BCUT2D eigenvalue weighted by molar-refractivity contribution is -0.135. The van der Waals surface area contributed by atoms with Crippen molar-refractivity contribution in [2.24, 2.45) is 5.41 Å². The van der Waals surface area contributed by atoms with Crippen LogP contribution in [0.1, 0.15) is 58.3 Å². The number of aliphatic hydroxyl groups is 1. The minimum atomic E-state index is -0.338. The molecule has 2 aliphatic rings. The van der Waals surface area contributed by atoms with Gasteiger partial charge in [-0.1, -0.05) is 26.2 Å². The van der Waals surface area contributed by atoms with E-state index in [1.807, 2.05) is 0 Å². The number of hydrogen-bond acceptors (Lipinski definition) is 3. The lowest BCUT2D eigenvalue weighted by Gasteiger charge is -2.39. The number of aliphatic hydroxyl groups excluding tert-OH is 1. The van der Waals surface area contributed by atoms with E-state index in [0.29, 0.717) is 0 Å². The first-order chi connectivity index (χ1) is 9.16. The molecule has 0 bridgehead atoms. The zero-order valence-corrected chi connectivity index (χ0v) is 12.1. The highest BCUT2D eigenvalue weighted by molar-refractivity contribution is 5.83. The molecule has 4 nitrogen and oxygen atoms in total. The van der Waals surface area contributed by atoms with E-state index in [1.54, 1.807) is 0 Å². The van der Waals surface area contributed by atoms with Crippen molar-refractivity contribution in [3.8, 4) is 0 Å². The first-order valence-corrected chi connectivity index (χ1v) is 7.81. The molecule has 1 aliphatic heterocycles. The van der Waals surface area contributed by atoms with Gasteiger partial charge in [0.25, 0.3) is 0 Å². The van der Waals surface area contributed by atoms with Crippen LogP contribution < -0.4 is 10.6 Å². The summed E-state index contributed by atoms with van der Waals surface area (Å²) in [5, 5.41) is 16.2. The summed E-state index contributed by atoms with van der Waals surface area (Å²) >= 11 is 0. The molecule has 0 aromatic rings. The molecule has 1 atom stereocenters. The van der Waals surface area contributed by atoms with Crippen LogP contribution in [0.4, 0.5) is 0 Å². The van der Waals surface area contributed by atoms with Crippen molar-refractivity contribution in [1.29, 1.82) is 0 Å². The molecular formula is C15H28N2O2. The predicted molar refractivity (Wildman–Crippen MR) is 75.9 cm³/mol. The Hall–Kier alpha value is -0.610. The average Bonchev–Trinajstić information content (AvgIpc) is 2.89. The number of piperidine rings is 1. The van der Waals surface area contributed by atoms with E-state index in [9.17, 15) is 9.90 Å². The third-order valence-corrected chi connectivity index (χ3v) is 4.92. The van der Waals surface area contributed by atoms with Crippen LogP contribution in [0.5, 0.6) is 0 Å². The summed E-state index contributed by atoms with van der Waals surface area (Å²) in [6.45, 7) is 4.02. The number of hydrogen-bond donors (Lipinski definition) is 3. The molecule has 0 aromatic heterocycles. The van der Waals surface area contributed by atoms with Crippen LogP contribution in [-0.4, -0.2) is 36.2 Å². The maximum Gasteiger partial charge on any atom is 0.228 e. The summed E-state index contributed by atoms with van der Waals surface area (Å²) in [5.74, 6) is 0.164. The van der Waals surface area contributed by atoms with E-state index in [2.05, 4.69) is 17.6 Å². The zero-order valence-electron chi connectivity index (χ0n) is 12.1. The molecule has 1 amide bonds. The Morgan fingerprint density at radius 2 is 2.00 bits per heavy atom. The molecule has 1 saturated carbocycles. The molecule has 1 saturated heterocycles. The van der Waals surface area contributed by atoms with Crippen LogP contribution in [0.2, 0.25) is 0 Å². The number of carbonyl (C=O) groups is 1. The SMILES string of the molecule is CCCC1(C(=O)NC2(CO)CCCC2)CCCNC1. The van der Waals surface area contributed by atoms with Crippen LogP contribution in [0.25, 0.3) is 0 Å². The van der Waals surface area contributed by atoms with Crippen molar-refractivity contribution in [3.63, 3.8) is 0 Å². The van der Waals surface area contributed by atoms with Crippen molar-refractivity contribution in [1.82, 2.24) is 10.6 Å². The quantitative estimate of drug-likeness (QED) is 0.709. The molecule has 0 aromatic carbocycles. The lowest BCUT2D eigenvalue weighted by atomic mass is 9.75. The van der Waals surface area contributed by atoms with Gasteiger partial charge in [0.1, 0.15) is 0 Å². The standard InChI is InChI=1S/C15H28N2O2/c1-2-6-14(7-5-10-16-11-14)13(19)17-15(12-18)8-3-4-9-15/h16,18H,2-12H2,1H3,(H,17,19). The molecule has 110 valence electrons. The van der Waals surface area contributed by atoms with Gasteiger partial charge in [-0.2, -0.15) is 0 Å². The Bertz CT molecular complexity index is 300. The molecule has 19 heavy (non-hydrogen) atoms. The molecule has 0 spiro atoms. The van der Waals surface area contributed by atoms with Crippen molar-refractivity contribution >= 4 is 5.91 Å². The largest absolute Gasteiger partial charge is 0.394 e. The van der Waals surface area contributed by atoms with Gasteiger partial charge >= 0.3 is 0 Å². The molecule has 3 N–H and O–H groups in total. The van der Waals surface area contributed by atoms with Gasteiger partial charge in [-0.15, -0.1) is 0 Å². The van der Waals surface area contributed by atoms with E-state index in [4.69, 9.17) is 0 Å².